The number of nitrogens with one attached hydrogen (secondary N) is 1. The van der Waals surface area contributed by atoms with Crippen molar-refractivity contribution in [3.63, 3.8) is 0 Å². The van der Waals surface area contributed by atoms with Crippen LogP contribution in [0.15, 0.2) is 36.7 Å². The number of nitrogens with two attached hydrogens (primary N) is 1. The van der Waals surface area contributed by atoms with Crippen LogP contribution in [-0.2, 0) is 0 Å². The van der Waals surface area contributed by atoms with Gasteiger partial charge in [-0.1, -0.05) is 6.92 Å². The third kappa shape index (κ3) is 4.92. The lowest BCUT2D eigenvalue weighted by Crippen LogP contribution is -2.10. The van der Waals surface area contributed by atoms with Gasteiger partial charge in [-0.25, -0.2) is 9.97 Å². The molecule has 0 saturated heterocycles. The van der Waals surface area contributed by atoms with E-state index in [1.807, 2.05) is 24.3 Å². The van der Waals surface area contributed by atoms with E-state index < -0.39 is 0 Å². The first-order valence-corrected chi connectivity index (χ1v) is 6.96. The number of hydrogen-bond donors (Lipinski definition) is 2. The van der Waals surface area contributed by atoms with Gasteiger partial charge >= 0.3 is 0 Å². The number of rotatable bonds is 8. The SMILES string of the molecule is CCCOc1cc(Nc2ccc(OCCN)cc2)ncn1. The lowest BCUT2D eigenvalue weighted by molar-refractivity contribution is 0.305. The van der Waals surface area contributed by atoms with Crippen LogP contribution in [0.3, 0.4) is 0 Å². The van der Waals surface area contributed by atoms with Gasteiger partial charge in [-0.05, 0) is 30.7 Å². The van der Waals surface area contributed by atoms with Gasteiger partial charge in [0.2, 0.25) is 5.88 Å². The van der Waals surface area contributed by atoms with Gasteiger partial charge in [0.15, 0.2) is 0 Å². The van der Waals surface area contributed by atoms with Gasteiger partial charge in [-0.3, -0.25) is 0 Å². The largest absolute Gasteiger partial charge is 0.492 e. The third-order valence-electron chi connectivity index (χ3n) is 2.61. The second-order valence-corrected chi connectivity index (χ2v) is 4.38. The van der Waals surface area contributed by atoms with Crippen LogP contribution in [0.5, 0.6) is 11.6 Å². The number of aromatic nitrogens is 2. The van der Waals surface area contributed by atoms with Crippen LogP contribution < -0.4 is 20.5 Å². The van der Waals surface area contributed by atoms with Crippen molar-refractivity contribution in [1.82, 2.24) is 9.97 Å². The molecule has 112 valence electrons. The molecule has 0 spiro atoms. The molecule has 3 N–H and O–H groups in total. The van der Waals surface area contributed by atoms with Crippen LogP contribution >= 0.6 is 0 Å². The summed E-state index contributed by atoms with van der Waals surface area (Å²) in [5.74, 6) is 2.05. The molecule has 2 rings (SSSR count). The zero-order chi connectivity index (χ0) is 14.9. The first kappa shape index (κ1) is 15.1. The van der Waals surface area contributed by atoms with Gasteiger partial charge < -0.3 is 20.5 Å². The Labute approximate surface area is 124 Å². The molecule has 1 aromatic carbocycles. The van der Waals surface area contributed by atoms with Crippen LogP contribution in [0.4, 0.5) is 11.5 Å². The second kappa shape index (κ2) is 8.06. The molecular formula is C15H20N4O2. The lowest BCUT2D eigenvalue weighted by atomic mass is 10.3. The Morgan fingerprint density at radius 2 is 1.90 bits per heavy atom. The summed E-state index contributed by atoms with van der Waals surface area (Å²) in [5.41, 5.74) is 6.31. The van der Waals surface area contributed by atoms with E-state index in [1.165, 1.54) is 6.33 Å². The minimum atomic E-state index is 0.501. The van der Waals surface area contributed by atoms with Crippen molar-refractivity contribution in [3.05, 3.63) is 36.7 Å². The standard InChI is InChI=1S/C15H20N4O2/c1-2-8-21-15-10-14(17-11-18-15)19-12-3-5-13(6-4-12)20-9-7-16/h3-6,10-11H,2,7-9,16H2,1H3,(H,17,18,19). The molecule has 0 aliphatic carbocycles. The van der Waals surface area contributed by atoms with Crippen molar-refractivity contribution in [2.45, 2.75) is 13.3 Å². The fourth-order valence-electron chi connectivity index (χ4n) is 1.65. The van der Waals surface area contributed by atoms with Crippen LogP contribution in [0.25, 0.3) is 0 Å². The van der Waals surface area contributed by atoms with Crippen molar-refractivity contribution in [3.8, 4) is 11.6 Å². The zero-order valence-electron chi connectivity index (χ0n) is 12.1. The monoisotopic (exact) mass is 288 g/mol. The first-order chi connectivity index (χ1) is 10.3. The Bertz CT molecular complexity index is 546. The summed E-state index contributed by atoms with van der Waals surface area (Å²) in [6.45, 7) is 3.70. The fourth-order valence-corrected chi connectivity index (χ4v) is 1.65. The quantitative estimate of drug-likeness (QED) is 0.776. The van der Waals surface area contributed by atoms with E-state index in [9.17, 15) is 0 Å². The third-order valence-corrected chi connectivity index (χ3v) is 2.61. The Kier molecular flexibility index (Phi) is 5.78. The maximum Gasteiger partial charge on any atom is 0.218 e. The van der Waals surface area contributed by atoms with Gasteiger partial charge in [0.25, 0.3) is 0 Å². The molecule has 1 aromatic heterocycles. The van der Waals surface area contributed by atoms with Gasteiger partial charge in [-0.2, -0.15) is 0 Å². The Balaban J connectivity index is 1.97. The van der Waals surface area contributed by atoms with Crippen molar-refractivity contribution in [1.29, 1.82) is 0 Å². The highest BCUT2D eigenvalue weighted by molar-refractivity contribution is 5.57. The topological polar surface area (TPSA) is 82.3 Å². The molecule has 2 aromatic rings. The number of nitrogens with zero attached hydrogens (tertiary/aromatic N) is 2. The molecule has 0 unspecified atom stereocenters. The van der Waals surface area contributed by atoms with Crippen LogP contribution in [-0.4, -0.2) is 29.7 Å². The molecule has 1 heterocycles. The highest BCUT2D eigenvalue weighted by Crippen LogP contribution is 2.20. The van der Waals surface area contributed by atoms with Crippen LogP contribution in [0.2, 0.25) is 0 Å². The second-order valence-electron chi connectivity index (χ2n) is 4.38. The van der Waals surface area contributed by atoms with Crippen molar-refractivity contribution >= 4 is 11.5 Å². The normalized spacial score (nSPS) is 10.2. The summed E-state index contributed by atoms with van der Waals surface area (Å²) in [4.78, 5) is 8.23. The molecule has 0 bridgehead atoms. The van der Waals surface area contributed by atoms with Gasteiger partial charge in [-0.15, -0.1) is 0 Å². The van der Waals surface area contributed by atoms with Gasteiger partial charge in [0, 0.05) is 18.3 Å². The predicted octanol–water partition coefficient (Wildman–Crippen LogP) is 2.35. The summed E-state index contributed by atoms with van der Waals surface area (Å²) in [7, 11) is 0. The summed E-state index contributed by atoms with van der Waals surface area (Å²) in [6, 6.07) is 9.37. The number of benzene rings is 1. The molecule has 21 heavy (non-hydrogen) atoms. The summed E-state index contributed by atoms with van der Waals surface area (Å²) < 4.78 is 10.9. The van der Waals surface area contributed by atoms with E-state index >= 15 is 0 Å². The maximum absolute atomic E-state index is 5.47. The van der Waals surface area contributed by atoms with Gasteiger partial charge in [0.05, 0.1) is 6.61 Å². The number of anilines is 2. The molecule has 0 saturated carbocycles. The highest BCUT2D eigenvalue weighted by atomic mass is 16.5. The fraction of sp³-hybridized carbons (Fsp3) is 0.333. The first-order valence-electron chi connectivity index (χ1n) is 6.96. The Hall–Kier alpha value is -2.34. The predicted molar refractivity (Wildman–Crippen MR) is 82.1 cm³/mol. The Morgan fingerprint density at radius 1 is 1.10 bits per heavy atom. The summed E-state index contributed by atoms with van der Waals surface area (Å²) in [6.07, 6.45) is 2.42. The van der Waals surface area contributed by atoms with Crippen LogP contribution in [0, 0.1) is 0 Å². The molecule has 6 heteroatoms. The molecular weight excluding hydrogens is 268 g/mol. The van der Waals surface area contributed by atoms with Crippen molar-refractivity contribution in [2.24, 2.45) is 5.73 Å². The van der Waals surface area contributed by atoms with Crippen LogP contribution in [0.1, 0.15) is 13.3 Å². The molecule has 0 fully saturated rings. The Morgan fingerprint density at radius 3 is 2.62 bits per heavy atom. The molecule has 0 amide bonds. The molecule has 0 aliphatic heterocycles. The summed E-state index contributed by atoms with van der Waals surface area (Å²) >= 11 is 0. The zero-order valence-corrected chi connectivity index (χ0v) is 12.1. The minimum Gasteiger partial charge on any atom is -0.492 e. The average Bonchev–Trinajstić information content (AvgIpc) is 2.53. The summed E-state index contributed by atoms with van der Waals surface area (Å²) in [5, 5.41) is 3.19. The molecule has 0 atom stereocenters. The highest BCUT2D eigenvalue weighted by Gasteiger charge is 2.01. The smallest absolute Gasteiger partial charge is 0.218 e. The van der Waals surface area contributed by atoms with E-state index in [4.69, 9.17) is 15.2 Å². The van der Waals surface area contributed by atoms with Gasteiger partial charge in [0.1, 0.15) is 24.5 Å². The van der Waals surface area contributed by atoms with E-state index in [1.54, 1.807) is 6.07 Å². The van der Waals surface area contributed by atoms with E-state index in [0.717, 1.165) is 17.9 Å². The van der Waals surface area contributed by atoms with Crippen molar-refractivity contribution < 1.29 is 9.47 Å². The molecule has 0 radical (unpaired) electrons. The van der Waals surface area contributed by atoms with E-state index in [-0.39, 0.29) is 0 Å². The van der Waals surface area contributed by atoms with E-state index in [0.29, 0.717) is 31.5 Å². The van der Waals surface area contributed by atoms with Crippen molar-refractivity contribution in [2.75, 3.05) is 25.1 Å². The average molecular weight is 288 g/mol. The molecule has 0 aliphatic rings. The number of ether oxygens (including phenoxy) is 2. The maximum atomic E-state index is 5.47. The van der Waals surface area contributed by atoms with E-state index in [2.05, 4.69) is 22.2 Å². The molecule has 6 nitrogen and oxygen atoms in total. The number of hydrogen-bond acceptors (Lipinski definition) is 6. The lowest BCUT2D eigenvalue weighted by Gasteiger charge is -2.09. The minimum absolute atomic E-state index is 0.501.